The molecule has 1 fully saturated rings. The number of piperidine rings is 1. The van der Waals surface area contributed by atoms with Gasteiger partial charge in [-0.2, -0.15) is 5.10 Å². The smallest absolute Gasteiger partial charge is 0.266 e. The van der Waals surface area contributed by atoms with Gasteiger partial charge in [-0.3, -0.25) is 4.98 Å². The van der Waals surface area contributed by atoms with E-state index >= 15 is 0 Å². The van der Waals surface area contributed by atoms with Crippen molar-refractivity contribution in [3.8, 4) is 0 Å². The minimum atomic E-state index is -2.91. The van der Waals surface area contributed by atoms with Crippen LogP contribution < -0.4 is 10.2 Å². The van der Waals surface area contributed by atoms with Crippen LogP contribution in [0, 0.1) is 12.7 Å². The van der Waals surface area contributed by atoms with E-state index in [-0.39, 0.29) is 38.0 Å². The van der Waals surface area contributed by atoms with E-state index in [2.05, 4.69) is 20.5 Å². The van der Waals surface area contributed by atoms with Gasteiger partial charge < -0.3 is 10.2 Å². The number of hydrogen-bond acceptors (Lipinski definition) is 5. The Morgan fingerprint density at radius 2 is 1.90 bits per heavy atom. The van der Waals surface area contributed by atoms with Gasteiger partial charge in [0.1, 0.15) is 5.82 Å². The average molecular weight is 437 g/mol. The van der Waals surface area contributed by atoms with Gasteiger partial charge in [0.05, 0.1) is 28.7 Å². The van der Waals surface area contributed by atoms with Gasteiger partial charge in [-0.15, -0.1) is 5.10 Å². The summed E-state index contributed by atoms with van der Waals surface area (Å²) in [6, 6.07) is 5.60. The largest absolute Gasteiger partial charge is 0.370 e. The zero-order chi connectivity index (χ0) is 22.2. The zero-order valence-corrected chi connectivity index (χ0v) is 16.7. The lowest BCUT2D eigenvalue weighted by Gasteiger charge is -2.33. The number of fused-ring (bicyclic) bond motifs is 1. The number of halogens is 5. The van der Waals surface area contributed by atoms with Crippen molar-refractivity contribution in [1.82, 2.24) is 15.2 Å². The number of pyridine rings is 1. The highest BCUT2D eigenvalue weighted by atomic mass is 19.3. The lowest BCUT2D eigenvalue weighted by molar-refractivity contribution is -0.0220. The molecule has 10 heteroatoms. The fourth-order valence-corrected chi connectivity index (χ4v) is 3.63. The molecule has 0 atom stereocenters. The molecule has 0 amide bonds. The molecule has 1 aliphatic heterocycles. The summed E-state index contributed by atoms with van der Waals surface area (Å²) < 4.78 is 67.2. The van der Waals surface area contributed by atoms with E-state index < -0.39 is 23.7 Å². The number of benzene rings is 1. The maximum atomic E-state index is 14.3. The first-order valence-electron chi connectivity index (χ1n) is 9.80. The molecule has 1 N–H and O–H groups in total. The number of rotatable bonds is 5. The molecule has 1 aromatic carbocycles. The van der Waals surface area contributed by atoms with Gasteiger partial charge in [0.25, 0.3) is 12.3 Å². The van der Waals surface area contributed by atoms with E-state index in [1.807, 2.05) is 4.90 Å². The highest BCUT2D eigenvalue weighted by Crippen LogP contribution is 2.32. The fourth-order valence-electron chi connectivity index (χ4n) is 3.63. The summed E-state index contributed by atoms with van der Waals surface area (Å²) in [7, 11) is 0. The number of nitrogens with zero attached hydrogens (tertiary/aromatic N) is 4. The summed E-state index contributed by atoms with van der Waals surface area (Å²) >= 11 is 0. The van der Waals surface area contributed by atoms with Crippen LogP contribution in [-0.2, 0) is 6.54 Å². The second-order valence-electron chi connectivity index (χ2n) is 7.54. The zero-order valence-electron chi connectivity index (χ0n) is 16.7. The Labute approximate surface area is 175 Å². The minimum Gasteiger partial charge on any atom is -0.370 e. The molecule has 3 aromatic rings. The van der Waals surface area contributed by atoms with Crippen LogP contribution in [0.15, 0.2) is 30.5 Å². The highest BCUT2D eigenvalue weighted by Gasteiger charge is 2.34. The summed E-state index contributed by atoms with van der Waals surface area (Å²) in [5.74, 6) is -3.33. The Bertz CT molecular complexity index is 1090. The first-order chi connectivity index (χ1) is 14.7. The average Bonchev–Trinajstić information content (AvgIpc) is 2.74. The molecule has 164 valence electrons. The number of nitrogens with one attached hydrogen (secondary N) is 1. The summed E-state index contributed by atoms with van der Waals surface area (Å²) in [6.45, 7) is 2.05. The van der Waals surface area contributed by atoms with Crippen molar-refractivity contribution in [2.24, 2.45) is 0 Å². The summed E-state index contributed by atoms with van der Waals surface area (Å²) in [6.07, 6.45) is -1.77. The third-order valence-corrected chi connectivity index (χ3v) is 5.42. The molecule has 2 aromatic heterocycles. The fraction of sp³-hybridized carbons (Fsp3) is 0.381. The van der Waals surface area contributed by atoms with Gasteiger partial charge in [-0.25, -0.2) is 22.0 Å². The van der Waals surface area contributed by atoms with Crippen LogP contribution >= 0.6 is 0 Å². The second-order valence-corrected chi connectivity index (χ2v) is 7.54. The first-order valence-corrected chi connectivity index (χ1v) is 9.80. The molecule has 0 spiro atoms. The third kappa shape index (κ3) is 4.38. The molecule has 0 aliphatic carbocycles. The van der Waals surface area contributed by atoms with Gasteiger partial charge in [0.15, 0.2) is 5.82 Å². The van der Waals surface area contributed by atoms with Crippen LogP contribution in [0.1, 0.15) is 36.1 Å². The molecule has 3 heterocycles. The van der Waals surface area contributed by atoms with Crippen LogP contribution in [0.5, 0.6) is 0 Å². The normalized spacial score (nSPS) is 16.2. The standard InChI is InChI=1S/C21H20F5N5/c1-12-18-16(9-14(11-27-18)31-7-5-21(25,26)6-8-31)20(30-29-12)28-10-13-3-2-4-15(17(13)22)19(23)24/h2-4,9,11,19H,5-8,10H2,1H3,(H,28,30). The van der Waals surface area contributed by atoms with Crippen LogP contribution in [0.25, 0.3) is 10.9 Å². The van der Waals surface area contributed by atoms with Crippen molar-refractivity contribution in [1.29, 1.82) is 0 Å². The maximum absolute atomic E-state index is 14.3. The number of alkyl halides is 4. The van der Waals surface area contributed by atoms with Crippen molar-refractivity contribution in [2.75, 3.05) is 23.3 Å². The number of aromatic nitrogens is 3. The van der Waals surface area contributed by atoms with E-state index in [0.29, 0.717) is 28.1 Å². The Morgan fingerprint density at radius 1 is 1.16 bits per heavy atom. The van der Waals surface area contributed by atoms with E-state index in [1.165, 1.54) is 12.1 Å². The second kappa shape index (κ2) is 8.24. The number of anilines is 2. The van der Waals surface area contributed by atoms with Crippen molar-refractivity contribution in [3.05, 3.63) is 53.1 Å². The molecular formula is C21H20F5N5. The van der Waals surface area contributed by atoms with Crippen molar-refractivity contribution < 1.29 is 22.0 Å². The maximum Gasteiger partial charge on any atom is 0.266 e. The minimum absolute atomic E-state index is 0.0655. The van der Waals surface area contributed by atoms with Crippen molar-refractivity contribution >= 4 is 22.4 Å². The number of hydrogen-bond donors (Lipinski definition) is 1. The summed E-state index contributed by atoms with van der Waals surface area (Å²) in [5, 5.41) is 11.7. The predicted molar refractivity (Wildman–Crippen MR) is 107 cm³/mol. The summed E-state index contributed by atoms with van der Waals surface area (Å²) in [5.41, 5.74) is 1.21. The van der Waals surface area contributed by atoms with Gasteiger partial charge in [-0.05, 0) is 13.0 Å². The molecule has 1 aliphatic rings. The molecular weight excluding hydrogens is 417 g/mol. The topological polar surface area (TPSA) is 53.9 Å². The quantitative estimate of drug-likeness (QED) is 0.552. The monoisotopic (exact) mass is 437 g/mol. The van der Waals surface area contributed by atoms with E-state index in [9.17, 15) is 22.0 Å². The lowest BCUT2D eigenvalue weighted by atomic mass is 10.1. The Balaban J connectivity index is 1.62. The molecule has 5 nitrogen and oxygen atoms in total. The summed E-state index contributed by atoms with van der Waals surface area (Å²) in [4.78, 5) is 6.25. The Morgan fingerprint density at radius 3 is 2.61 bits per heavy atom. The molecule has 0 radical (unpaired) electrons. The SMILES string of the molecule is Cc1nnc(NCc2cccc(C(F)F)c2F)c2cc(N3CCC(F)(F)CC3)cnc12. The van der Waals surface area contributed by atoms with Crippen molar-refractivity contribution in [3.63, 3.8) is 0 Å². The van der Waals surface area contributed by atoms with E-state index in [0.717, 1.165) is 6.07 Å². The number of aryl methyl sites for hydroxylation is 1. The van der Waals surface area contributed by atoms with Crippen LogP contribution in [0.4, 0.5) is 33.5 Å². The van der Waals surface area contributed by atoms with Gasteiger partial charge in [-0.1, -0.05) is 18.2 Å². The highest BCUT2D eigenvalue weighted by molar-refractivity contribution is 5.92. The van der Waals surface area contributed by atoms with Crippen molar-refractivity contribution in [2.45, 2.75) is 38.7 Å². The van der Waals surface area contributed by atoms with Crippen LogP contribution in [-0.4, -0.2) is 34.2 Å². The lowest BCUT2D eigenvalue weighted by Crippen LogP contribution is -2.39. The Kier molecular flexibility index (Phi) is 5.63. The van der Waals surface area contributed by atoms with E-state index in [1.54, 1.807) is 19.2 Å². The van der Waals surface area contributed by atoms with Crippen LogP contribution in [0.2, 0.25) is 0 Å². The molecule has 0 unspecified atom stereocenters. The van der Waals surface area contributed by atoms with Gasteiger partial charge >= 0.3 is 0 Å². The Hall–Kier alpha value is -3.04. The van der Waals surface area contributed by atoms with Gasteiger partial charge in [0.2, 0.25) is 0 Å². The van der Waals surface area contributed by atoms with Gasteiger partial charge in [0, 0.05) is 43.4 Å². The molecule has 0 saturated carbocycles. The van der Waals surface area contributed by atoms with Crippen LogP contribution in [0.3, 0.4) is 0 Å². The molecule has 0 bridgehead atoms. The molecule has 1 saturated heterocycles. The van der Waals surface area contributed by atoms with E-state index in [4.69, 9.17) is 0 Å². The molecule has 31 heavy (non-hydrogen) atoms. The molecule has 4 rings (SSSR count). The third-order valence-electron chi connectivity index (χ3n) is 5.42. The predicted octanol–water partition coefficient (Wildman–Crippen LogP) is 5.26. The first kappa shape index (κ1) is 21.2.